The zero-order valence-corrected chi connectivity index (χ0v) is 9.93. The first kappa shape index (κ1) is 11.6. The highest BCUT2D eigenvalue weighted by Crippen LogP contribution is 2.36. The van der Waals surface area contributed by atoms with Crippen LogP contribution in [0.4, 0.5) is 4.39 Å². The Morgan fingerprint density at radius 1 is 1.25 bits per heavy atom. The highest BCUT2D eigenvalue weighted by Gasteiger charge is 2.31. The summed E-state index contributed by atoms with van der Waals surface area (Å²) in [4.78, 5) is 0. The molecular weight excluding hydrogens is 201 g/mol. The molecule has 2 rings (SSSR count). The molecule has 2 heteroatoms. The maximum absolute atomic E-state index is 13.9. The van der Waals surface area contributed by atoms with Gasteiger partial charge in [0, 0.05) is 11.1 Å². The van der Waals surface area contributed by atoms with Crippen LogP contribution in [0, 0.1) is 5.82 Å². The van der Waals surface area contributed by atoms with Gasteiger partial charge in [-0.1, -0.05) is 38.3 Å². The minimum atomic E-state index is -0.423. The highest BCUT2D eigenvalue weighted by molar-refractivity contribution is 5.31. The fourth-order valence-corrected chi connectivity index (χ4v) is 2.63. The van der Waals surface area contributed by atoms with Gasteiger partial charge in [-0.05, 0) is 30.9 Å². The molecule has 0 amide bonds. The quantitative estimate of drug-likeness (QED) is 0.812. The van der Waals surface area contributed by atoms with E-state index in [1.54, 1.807) is 6.07 Å². The molecule has 0 heterocycles. The predicted octanol–water partition coefficient (Wildman–Crippen LogP) is 3.51. The summed E-state index contributed by atoms with van der Waals surface area (Å²) in [7, 11) is 0. The SMILES string of the molecule is CCc1ccc(F)c(C2(N)CCCCC2)c1. The van der Waals surface area contributed by atoms with Gasteiger partial charge < -0.3 is 5.73 Å². The number of hydrogen-bond acceptors (Lipinski definition) is 1. The van der Waals surface area contributed by atoms with E-state index < -0.39 is 5.54 Å². The molecule has 0 unspecified atom stereocenters. The molecule has 1 fully saturated rings. The van der Waals surface area contributed by atoms with E-state index >= 15 is 0 Å². The van der Waals surface area contributed by atoms with Crippen molar-refractivity contribution in [2.24, 2.45) is 5.73 Å². The van der Waals surface area contributed by atoms with Crippen molar-refractivity contribution in [3.8, 4) is 0 Å². The molecule has 1 aromatic carbocycles. The standard InChI is InChI=1S/C14H20FN/c1-2-11-6-7-13(15)12(10-11)14(16)8-4-3-5-9-14/h6-7,10H,2-5,8-9,16H2,1H3. The first-order valence-corrected chi connectivity index (χ1v) is 6.23. The van der Waals surface area contributed by atoms with Crippen LogP contribution in [0.15, 0.2) is 18.2 Å². The van der Waals surface area contributed by atoms with E-state index in [0.29, 0.717) is 0 Å². The molecule has 2 N–H and O–H groups in total. The Bertz CT molecular complexity index is 367. The van der Waals surface area contributed by atoms with E-state index in [9.17, 15) is 4.39 Å². The van der Waals surface area contributed by atoms with Crippen molar-refractivity contribution in [3.05, 3.63) is 35.1 Å². The first-order valence-electron chi connectivity index (χ1n) is 6.23. The zero-order valence-electron chi connectivity index (χ0n) is 9.93. The van der Waals surface area contributed by atoms with Gasteiger partial charge in [-0.25, -0.2) is 4.39 Å². The lowest BCUT2D eigenvalue weighted by atomic mass is 9.77. The topological polar surface area (TPSA) is 26.0 Å². The molecule has 1 aromatic rings. The van der Waals surface area contributed by atoms with Crippen LogP contribution in [-0.2, 0) is 12.0 Å². The smallest absolute Gasteiger partial charge is 0.128 e. The van der Waals surface area contributed by atoms with Crippen molar-refractivity contribution in [1.29, 1.82) is 0 Å². The van der Waals surface area contributed by atoms with Crippen LogP contribution in [0.25, 0.3) is 0 Å². The molecule has 88 valence electrons. The second-order valence-corrected chi connectivity index (χ2v) is 4.88. The Kier molecular flexibility index (Phi) is 3.29. The third-order valence-corrected chi connectivity index (χ3v) is 3.72. The number of aryl methyl sites for hydroxylation is 1. The summed E-state index contributed by atoms with van der Waals surface area (Å²) in [5, 5.41) is 0. The highest BCUT2D eigenvalue weighted by atomic mass is 19.1. The van der Waals surface area contributed by atoms with Crippen LogP contribution in [0.1, 0.15) is 50.2 Å². The minimum Gasteiger partial charge on any atom is -0.321 e. The summed E-state index contributed by atoms with van der Waals surface area (Å²) in [5.41, 5.74) is 7.84. The molecule has 0 radical (unpaired) electrons. The van der Waals surface area contributed by atoms with E-state index in [1.165, 1.54) is 12.0 Å². The van der Waals surface area contributed by atoms with E-state index in [2.05, 4.69) is 6.92 Å². The van der Waals surface area contributed by atoms with Gasteiger partial charge in [-0.2, -0.15) is 0 Å². The van der Waals surface area contributed by atoms with Crippen molar-refractivity contribution < 1.29 is 4.39 Å². The summed E-state index contributed by atoms with van der Waals surface area (Å²) >= 11 is 0. The average molecular weight is 221 g/mol. The Morgan fingerprint density at radius 3 is 2.56 bits per heavy atom. The van der Waals surface area contributed by atoms with Crippen molar-refractivity contribution in [3.63, 3.8) is 0 Å². The van der Waals surface area contributed by atoms with Crippen LogP contribution in [0.2, 0.25) is 0 Å². The third-order valence-electron chi connectivity index (χ3n) is 3.72. The van der Waals surface area contributed by atoms with Crippen LogP contribution in [0.3, 0.4) is 0 Å². The molecule has 0 spiro atoms. The third kappa shape index (κ3) is 2.12. The van der Waals surface area contributed by atoms with Crippen LogP contribution >= 0.6 is 0 Å². The Labute approximate surface area is 96.9 Å². The van der Waals surface area contributed by atoms with Gasteiger partial charge in [0.05, 0.1) is 0 Å². The second kappa shape index (κ2) is 4.54. The van der Waals surface area contributed by atoms with Crippen molar-refractivity contribution in [2.45, 2.75) is 51.0 Å². The molecule has 16 heavy (non-hydrogen) atoms. The summed E-state index contributed by atoms with van der Waals surface area (Å²) in [5.74, 6) is -0.137. The minimum absolute atomic E-state index is 0.137. The second-order valence-electron chi connectivity index (χ2n) is 4.88. The maximum Gasteiger partial charge on any atom is 0.128 e. The fourth-order valence-electron chi connectivity index (χ4n) is 2.63. The maximum atomic E-state index is 13.9. The molecule has 0 atom stereocenters. The van der Waals surface area contributed by atoms with Crippen LogP contribution in [-0.4, -0.2) is 0 Å². The van der Waals surface area contributed by atoms with Crippen molar-refractivity contribution >= 4 is 0 Å². The van der Waals surface area contributed by atoms with Gasteiger partial charge in [0.15, 0.2) is 0 Å². The van der Waals surface area contributed by atoms with E-state index in [-0.39, 0.29) is 5.82 Å². The monoisotopic (exact) mass is 221 g/mol. The molecule has 0 bridgehead atoms. The predicted molar refractivity (Wildman–Crippen MR) is 64.7 cm³/mol. The van der Waals surface area contributed by atoms with Gasteiger partial charge in [-0.15, -0.1) is 0 Å². The average Bonchev–Trinajstić information content (AvgIpc) is 2.30. The lowest BCUT2D eigenvalue weighted by Gasteiger charge is -2.34. The van der Waals surface area contributed by atoms with Gasteiger partial charge in [-0.3, -0.25) is 0 Å². The van der Waals surface area contributed by atoms with Gasteiger partial charge in [0.2, 0.25) is 0 Å². The first-order chi connectivity index (χ1) is 7.65. The van der Waals surface area contributed by atoms with Gasteiger partial charge >= 0.3 is 0 Å². The fraction of sp³-hybridized carbons (Fsp3) is 0.571. The largest absolute Gasteiger partial charge is 0.321 e. The number of rotatable bonds is 2. The van der Waals surface area contributed by atoms with Crippen LogP contribution < -0.4 is 5.73 Å². The normalized spacial score (nSPS) is 19.7. The lowest BCUT2D eigenvalue weighted by molar-refractivity contribution is 0.293. The molecule has 1 aliphatic rings. The molecule has 1 nitrogen and oxygen atoms in total. The molecule has 0 aliphatic heterocycles. The van der Waals surface area contributed by atoms with Crippen molar-refractivity contribution in [2.75, 3.05) is 0 Å². The molecule has 0 saturated heterocycles. The van der Waals surface area contributed by atoms with E-state index in [0.717, 1.165) is 37.7 Å². The Balaban J connectivity index is 2.37. The zero-order chi connectivity index (χ0) is 11.6. The number of nitrogens with two attached hydrogens (primary N) is 1. The number of hydrogen-bond donors (Lipinski definition) is 1. The molecule has 1 saturated carbocycles. The summed E-state index contributed by atoms with van der Waals surface area (Å²) in [6, 6.07) is 5.38. The van der Waals surface area contributed by atoms with E-state index in [1.807, 2.05) is 12.1 Å². The summed E-state index contributed by atoms with van der Waals surface area (Å²) in [6.45, 7) is 2.08. The lowest BCUT2D eigenvalue weighted by Crippen LogP contribution is -2.39. The molecule has 0 aromatic heterocycles. The Morgan fingerprint density at radius 2 is 1.94 bits per heavy atom. The molecular formula is C14H20FN. The number of benzene rings is 1. The van der Waals surface area contributed by atoms with Gasteiger partial charge in [0.25, 0.3) is 0 Å². The van der Waals surface area contributed by atoms with E-state index in [4.69, 9.17) is 5.73 Å². The Hall–Kier alpha value is -0.890. The van der Waals surface area contributed by atoms with Gasteiger partial charge in [0.1, 0.15) is 5.82 Å². The van der Waals surface area contributed by atoms with Crippen molar-refractivity contribution in [1.82, 2.24) is 0 Å². The summed E-state index contributed by atoms with van der Waals surface area (Å²) < 4.78 is 13.9. The molecule has 1 aliphatic carbocycles. The van der Waals surface area contributed by atoms with Crippen LogP contribution in [0.5, 0.6) is 0 Å². The number of halogens is 1. The summed E-state index contributed by atoms with van der Waals surface area (Å²) in [6.07, 6.45) is 6.23.